The van der Waals surface area contributed by atoms with Crippen molar-refractivity contribution in [3.63, 3.8) is 0 Å². The molecule has 0 aliphatic rings. The van der Waals surface area contributed by atoms with Crippen LogP contribution in [-0.2, 0) is 28.7 Å². The van der Waals surface area contributed by atoms with Crippen molar-refractivity contribution in [1.29, 1.82) is 0 Å². The van der Waals surface area contributed by atoms with Gasteiger partial charge in [-0.2, -0.15) is 5.10 Å². The Labute approximate surface area is 182 Å². The van der Waals surface area contributed by atoms with Gasteiger partial charge in [0, 0.05) is 50.1 Å². The van der Waals surface area contributed by atoms with Gasteiger partial charge >= 0.3 is 0 Å². The summed E-state index contributed by atoms with van der Waals surface area (Å²) in [5.74, 6) is 0.726. The second-order valence-corrected chi connectivity index (χ2v) is 7.99. The molecular formula is C20H23N6O4S-. The number of nitrogens with zero attached hydrogens (tertiary/aromatic N) is 4. The van der Waals surface area contributed by atoms with Crippen molar-refractivity contribution in [2.75, 3.05) is 10.6 Å². The van der Waals surface area contributed by atoms with Crippen LogP contribution < -0.4 is 15.4 Å². The Morgan fingerprint density at radius 2 is 2.06 bits per heavy atom. The maximum atomic E-state index is 11.5. The highest BCUT2D eigenvalue weighted by Gasteiger charge is 2.13. The number of hydrogen-bond donors (Lipinski definition) is 2. The van der Waals surface area contributed by atoms with E-state index >= 15 is 0 Å². The summed E-state index contributed by atoms with van der Waals surface area (Å²) >= 11 is -2.30. The van der Waals surface area contributed by atoms with Gasteiger partial charge in [-0.3, -0.25) is 13.7 Å². The van der Waals surface area contributed by atoms with E-state index in [2.05, 4.69) is 25.7 Å². The molecule has 1 amide bonds. The number of ether oxygens (including phenoxy) is 1. The Bertz CT molecular complexity index is 1110. The number of pyridine rings is 2. The van der Waals surface area contributed by atoms with Gasteiger partial charge in [0.25, 0.3) is 0 Å². The second-order valence-electron chi connectivity index (χ2n) is 7.09. The third kappa shape index (κ3) is 6.33. The molecule has 0 aliphatic heterocycles. The van der Waals surface area contributed by atoms with E-state index in [1.165, 1.54) is 6.92 Å². The zero-order chi connectivity index (χ0) is 22.5. The normalized spacial score (nSPS) is 11.9. The van der Waals surface area contributed by atoms with Crippen LogP contribution in [0.4, 0.5) is 17.3 Å². The van der Waals surface area contributed by atoms with Crippen molar-refractivity contribution in [3.8, 4) is 17.0 Å². The Kier molecular flexibility index (Phi) is 6.98. The molecule has 3 heterocycles. The van der Waals surface area contributed by atoms with E-state index in [0.29, 0.717) is 40.0 Å². The van der Waals surface area contributed by atoms with E-state index in [9.17, 15) is 13.6 Å². The molecule has 3 aromatic heterocycles. The Morgan fingerprint density at radius 1 is 1.29 bits per heavy atom. The number of aryl methyl sites for hydroxylation is 1. The summed E-state index contributed by atoms with van der Waals surface area (Å²) in [5.41, 5.74) is 2.27. The lowest BCUT2D eigenvalue weighted by molar-refractivity contribution is -0.114. The summed E-state index contributed by atoms with van der Waals surface area (Å²) in [6.07, 6.45) is 3.30. The zero-order valence-electron chi connectivity index (χ0n) is 17.6. The third-order valence-electron chi connectivity index (χ3n) is 3.95. The van der Waals surface area contributed by atoms with Crippen LogP contribution in [0.3, 0.4) is 0 Å². The van der Waals surface area contributed by atoms with Crippen molar-refractivity contribution in [1.82, 2.24) is 19.7 Å². The molecule has 0 saturated heterocycles. The first-order valence-electron chi connectivity index (χ1n) is 9.47. The average Bonchev–Trinajstić information content (AvgIpc) is 3.06. The zero-order valence-corrected chi connectivity index (χ0v) is 18.4. The monoisotopic (exact) mass is 443 g/mol. The average molecular weight is 444 g/mol. The van der Waals surface area contributed by atoms with Gasteiger partial charge in [0.05, 0.1) is 28.9 Å². The fourth-order valence-electron chi connectivity index (χ4n) is 2.87. The number of carbonyl (C=O) groups is 1. The van der Waals surface area contributed by atoms with Crippen molar-refractivity contribution >= 4 is 34.3 Å². The number of nitrogens with one attached hydrogen (secondary N) is 2. The van der Waals surface area contributed by atoms with E-state index in [4.69, 9.17) is 4.74 Å². The lowest BCUT2D eigenvalue weighted by atomic mass is 10.1. The predicted octanol–water partition coefficient (Wildman–Crippen LogP) is 2.75. The predicted molar refractivity (Wildman–Crippen MR) is 117 cm³/mol. The van der Waals surface area contributed by atoms with Gasteiger partial charge < -0.3 is 19.9 Å². The van der Waals surface area contributed by atoms with Gasteiger partial charge in [-0.15, -0.1) is 0 Å². The first-order chi connectivity index (χ1) is 14.7. The van der Waals surface area contributed by atoms with Gasteiger partial charge in [0.15, 0.2) is 0 Å². The van der Waals surface area contributed by atoms with Gasteiger partial charge in [0.2, 0.25) is 5.91 Å². The largest absolute Gasteiger partial charge is 0.772 e. The fourth-order valence-corrected chi connectivity index (χ4v) is 3.26. The maximum Gasteiger partial charge on any atom is 0.222 e. The van der Waals surface area contributed by atoms with Crippen LogP contribution in [0, 0.1) is 0 Å². The molecule has 0 radical (unpaired) electrons. The van der Waals surface area contributed by atoms with Gasteiger partial charge in [0.1, 0.15) is 17.4 Å². The summed E-state index contributed by atoms with van der Waals surface area (Å²) in [6, 6.07) is 6.76. The highest BCUT2D eigenvalue weighted by Crippen LogP contribution is 2.31. The topological polar surface area (TPSA) is 134 Å². The minimum absolute atomic E-state index is 0.0998. The molecule has 10 nitrogen and oxygen atoms in total. The highest BCUT2D eigenvalue weighted by atomic mass is 32.2. The Morgan fingerprint density at radius 3 is 2.68 bits per heavy atom. The molecular weight excluding hydrogens is 420 g/mol. The number of anilines is 3. The SMILES string of the molecule is CC(=O)Nc1cc(Nc2cc(OC(C)C)cc(CS(=O)[O-])n2)c(-c2ccn(C)n2)cn1. The molecule has 2 N–H and O–H groups in total. The maximum absolute atomic E-state index is 11.5. The van der Waals surface area contributed by atoms with Crippen LogP contribution in [-0.4, -0.2) is 40.5 Å². The van der Waals surface area contributed by atoms with Crippen LogP contribution in [0.1, 0.15) is 26.5 Å². The van der Waals surface area contributed by atoms with E-state index in [-0.39, 0.29) is 17.8 Å². The summed E-state index contributed by atoms with van der Waals surface area (Å²) in [6.45, 7) is 5.15. The molecule has 0 aliphatic carbocycles. The Hall–Kier alpha value is -3.31. The molecule has 3 aromatic rings. The molecule has 0 fully saturated rings. The minimum Gasteiger partial charge on any atom is -0.772 e. The number of carbonyl (C=O) groups excluding carboxylic acids is 1. The highest BCUT2D eigenvalue weighted by molar-refractivity contribution is 7.78. The molecule has 31 heavy (non-hydrogen) atoms. The summed E-state index contributed by atoms with van der Waals surface area (Å²) in [5, 5.41) is 10.2. The number of rotatable bonds is 8. The summed E-state index contributed by atoms with van der Waals surface area (Å²) in [7, 11) is 1.80. The van der Waals surface area contributed by atoms with Crippen molar-refractivity contribution in [3.05, 3.63) is 42.4 Å². The van der Waals surface area contributed by atoms with Crippen LogP contribution in [0.25, 0.3) is 11.3 Å². The van der Waals surface area contributed by atoms with Gasteiger partial charge in [-0.25, -0.2) is 9.97 Å². The van der Waals surface area contributed by atoms with Gasteiger partial charge in [-0.05, 0) is 31.0 Å². The van der Waals surface area contributed by atoms with Crippen LogP contribution in [0.2, 0.25) is 0 Å². The molecule has 164 valence electrons. The molecule has 0 spiro atoms. The first-order valence-corrected chi connectivity index (χ1v) is 10.7. The van der Waals surface area contributed by atoms with Crippen molar-refractivity contribution < 1.29 is 18.3 Å². The molecule has 0 aromatic carbocycles. The molecule has 3 rings (SSSR count). The minimum atomic E-state index is -2.30. The summed E-state index contributed by atoms with van der Waals surface area (Å²) in [4.78, 5) is 20.1. The molecule has 0 saturated carbocycles. The van der Waals surface area contributed by atoms with E-state index < -0.39 is 11.1 Å². The lowest BCUT2D eigenvalue weighted by Gasteiger charge is -2.16. The van der Waals surface area contributed by atoms with Crippen molar-refractivity contribution in [2.24, 2.45) is 7.05 Å². The molecule has 11 heteroatoms. The van der Waals surface area contributed by atoms with E-state index in [1.54, 1.807) is 42.3 Å². The van der Waals surface area contributed by atoms with Crippen LogP contribution in [0.15, 0.2) is 36.7 Å². The molecule has 0 bridgehead atoms. The van der Waals surface area contributed by atoms with Crippen LogP contribution in [0.5, 0.6) is 5.75 Å². The standard InChI is InChI=1S/C20H24N6O4S/c1-12(2)30-15-7-14(11-31(28)29)23-20(8-15)24-18-9-19(22-13(3)27)21-10-16(18)17-5-6-26(4)25-17/h5-10,12H,11H2,1-4H3,(H,28,29)(H2,21,22,23,24,27)/p-1. The summed E-state index contributed by atoms with van der Waals surface area (Å²) < 4.78 is 29.8. The van der Waals surface area contributed by atoms with Crippen LogP contribution >= 0.6 is 0 Å². The van der Waals surface area contributed by atoms with E-state index in [1.807, 2.05) is 19.9 Å². The number of hydrogen-bond acceptors (Lipinski definition) is 8. The quantitative estimate of drug-likeness (QED) is 0.508. The van der Waals surface area contributed by atoms with Crippen molar-refractivity contribution in [2.45, 2.75) is 32.6 Å². The van der Waals surface area contributed by atoms with E-state index in [0.717, 1.165) is 0 Å². The van der Waals surface area contributed by atoms with Gasteiger partial charge in [-0.1, -0.05) is 0 Å². The third-order valence-corrected chi connectivity index (χ3v) is 4.48. The fraction of sp³-hybridized carbons (Fsp3) is 0.300. The number of aromatic nitrogens is 4. The lowest BCUT2D eigenvalue weighted by Crippen LogP contribution is -2.09. The molecule has 1 atom stereocenters. The molecule has 1 unspecified atom stereocenters. The second kappa shape index (κ2) is 9.67. The first kappa shape index (κ1) is 22.4. The Balaban J connectivity index is 2.04. The number of amides is 1. The smallest absolute Gasteiger partial charge is 0.222 e.